The number of halogens is 2. The summed E-state index contributed by atoms with van der Waals surface area (Å²) in [6, 6.07) is 11.4. The monoisotopic (exact) mass is 325 g/mol. The van der Waals surface area contributed by atoms with Crippen molar-refractivity contribution in [2.45, 2.75) is 0 Å². The molecule has 21 heavy (non-hydrogen) atoms. The summed E-state index contributed by atoms with van der Waals surface area (Å²) in [5.74, 6) is 0.416. The maximum absolute atomic E-state index is 11.9. The molecule has 0 aliphatic carbocycles. The summed E-state index contributed by atoms with van der Waals surface area (Å²) in [6.45, 7) is 0. The van der Waals surface area contributed by atoms with Crippen molar-refractivity contribution in [3.63, 3.8) is 0 Å². The first-order valence-corrected chi connectivity index (χ1v) is 6.81. The van der Waals surface area contributed by atoms with Crippen LogP contribution in [-0.2, 0) is 0 Å². The lowest BCUT2D eigenvalue weighted by Crippen LogP contribution is -2.19. The van der Waals surface area contributed by atoms with E-state index in [0.29, 0.717) is 27.2 Å². The Balaban J connectivity index is 2.04. The molecule has 2 aromatic carbocycles. The van der Waals surface area contributed by atoms with E-state index in [0.717, 1.165) is 0 Å². The number of rotatable bonds is 4. The Labute approximate surface area is 132 Å². The molecular formula is C14H13Cl2N3O2. The van der Waals surface area contributed by atoms with Gasteiger partial charge >= 0.3 is 6.03 Å². The summed E-state index contributed by atoms with van der Waals surface area (Å²) < 4.78 is 0. The van der Waals surface area contributed by atoms with Crippen molar-refractivity contribution in [1.82, 2.24) is 5.48 Å². The van der Waals surface area contributed by atoms with Gasteiger partial charge in [-0.1, -0.05) is 29.3 Å². The average molecular weight is 326 g/mol. The van der Waals surface area contributed by atoms with Crippen LogP contribution in [0.3, 0.4) is 0 Å². The van der Waals surface area contributed by atoms with Crippen LogP contribution in [0.25, 0.3) is 0 Å². The van der Waals surface area contributed by atoms with Crippen LogP contribution in [0, 0.1) is 0 Å². The average Bonchev–Trinajstić information content (AvgIpc) is 2.43. The van der Waals surface area contributed by atoms with Gasteiger partial charge in [0.15, 0.2) is 5.75 Å². The van der Waals surface area contributed by atoms with Crippen LogP contribution >= 0.6 is 23.2 Å². The molecule has 0 unspecified atom stereocenters. The number of anilines is 2. The molecular weight excluding hydrogens is 313 g/mol. The highest BCUT2D eigenvalue weighted by atomic mass is 35.5. The van der Waals surface area contributed by atoms with Gasteiger partial charge in [-0.3, -0.25) is 0 Å². The van der Waals surface area contributed by atoms with Crippen LogP contribution in [0.4, 0.5) is 16.2 Å². The SMILES string of the molecule is CNOc1cc(NC(=O)Nc2cccc(Cl)c2)ccc1Cl. The van der Waals surface area contributed by atoms with Gasteiger partial charge in [0.1, 0.15) is 0 Å². The fraction of sp³-hybridized carbons (Fsp3) is 0.0714. The van der Waals surface area contributed by atoms with E-state index in [1.54, 1.807) is 49.5 Å². The predicted octanol–water partition coefficient (Wildman–Crippen LogP) is 4.15. The fourth-order valence-electron chi connectivity index (χ4n) is 1.63. The first-order chi connectivity index (χ1) is 10.1. The Morgan fingerprint density at radius 3 is 2.43 bits per heavy atom. The summed E-state index contributed by atoms with van der Waals surface area (Å²) in [5, 5.41) is 6.33. The number of benzene rings is 2. The zero-order valence-corrected chi connectivity index (χ0v) is 12.6. The number of carbonyl (C=O) groups excluding carboxylic acids is 1. The molecule has 0 aromatic heterocycles. The topological polar surface area (TPSA) is 62.4 Å². The third-order valence-electron chi connectivity index (χ3n) is 2.48. The lowest BCUT2D eigenvalue weighted by atomic mass is 10.3. The fourth-order valence-corrected chi connectivity index (χ4v) is 1.98. The van der Waals surface area contributed by atoms with Gasteiger partial charge in [-0.2, -0.15) is 5.48 Å². The molecule has 0 heterocycles. The molecule has 110 valence electrons. The molecule has 0 radical (unpaired) electrons. The first kappa shape index (κ1) is 15.4. The van der Waals surface area contributed by atoms with Gasteiger partial charge < -0.3 is 15.5 Å². The standard InChI is InChI=1S/C14H13Cl2N3O2/c1-17-21-13-8-11(5-6-12(13)16)19-14(20)18-10-4-2-3-9(15)7-10/h2-8,17H,1H3,(H2,18,19,20). The van der Waals surface area contributed by atoms with Crippen molar-refractivity contribution in [2.75, 3.05) is 17.7 Å². The molecule has 0 fully saturated rings. The maximum Gasteiger partial charge on any atom is 0.323 e. The Morgan fingerprint density at radius 2 is 1.76 bits per heavy atom. The summed E-state index contributed by atoms with van der Waals surface area (Å²) in [4.78, 5) is 17.0. The minimum Gasteiger partial charge on any atom is -0.407 e. The van der Waals surface area contributed by atoms with E-state index in [1.165, 1.54) is 0 Å². The van der Waals surface area contributed by atoms with Gasteiger partial charge in [-0.15, -0.1) is 0 Å². The lowest BCUT2D eigenvalue weighted by molar-refractivity contribution is 0.224. The Bertz CT molecular complexity index is 650. The minimum absolute atomic E-state index is 0.394. The quantitative estimate of drug-likeness (QED) is 0.740. The Hall–Kier alpha value is -1.95. The van der Waals surface area contributed by atoms with Gasteiger partial charge in [0.05, 0.1) is 5.02 Å². The van der Waals surface area contributed by atoms with E-state index in [-0.39, 0.29) is 0 Å². The van der Waals surface area contributed by atoms with E-state index in [1.807, 2.05) is 0 Å². The summed E-state index contributed by atoms with van der Waals surface area (Å²) in [5.41, 5.74) is 3.67. The van der Waals surface area contributed by atoms with Gasteiger partial charge in [0.25, 0.3) is 0 Å². The number of hydrogen-bond donors (Lipinski definition) is 3. The summed E-state index contributed by atoms with van der Waals surface area (Å²) in [6.07, 6.45) is 0. The highest BCUT2D eigenvalue weighted by Crippen LogP contribution is 2.27. The van der Waals surface area contributed by atoms with Crippen LogP contribution in [0.2, 0.25) is 10.0 Å². The van der Waals surface area contributed by atoms with Gasteiger partial charge in [0, 0.05) is 29.5 Å². The maximum atomic E-state index is 11.9. The number of hydroxylamine groups is 1. The molecule has 0 aliphatic rings. The van der Waals surface area contributed by atoms with Crippen molar-refractivity contribution < 1.29 is 9.63 Å². The van der Waals surface area contributed by atoms with Gasteiger partial charge in [-0.05, 0) is 30.3 Å². The Kier molecular flexibility index (Phi) is 5.27. The molecule has 2 rings (SSSR count). The molecule has 2 amide bonds. The van der Waals surface area contributed by atoms with Crippen LogP contribution < -0.4 is 21.0 Å². The molecule has 0 atom stereocenters. The second kappa shape index (κ2) is 7.17. The van der Waals surface area contributed by atoms with Crippen molar-refractivity contribution in [3.05, 3.63) is 52.5 Å². The number of urea groups is 1. The molecule has 0 spiro atoms. The first-order valence-electron chi connectivity index (χ1n) is 6.05. The number of carbonyl (C=O) groups is 1. The van der Waals surface area contributed by atoms with E-state index in [9.17, 15) is 4.79 Å². The number of amides is 2. The largest absolute Gasteiger partial charge is 0.407 e. The van der Waals surface area contributed by atoms with Crippen LogP contribution in [0.15, 0.2) is 42.5 Å². The second-order valence-electron chi connectivity index (χ2n) is 4.04. The molecule has 0 aliphatic heterocycles. The Morgan fingerprint density at radius 1 is 1.05 bits per heavy atom. The van der Waals surface area contributed by atoms with E-state index in [4.69, 9.17) is 28.0 Å². The number of hydrogen-bond acceptors (Lipinski definition) is 3. The highest BCUT2D eigenvalue weighted by molar-refractivity contribution is 6.32. The lowest BCUT2D eigenvalue weighted by Gasteiger charge is -2.10. The van der Waals surface area contributed by atoms with Crippen molar-refractivity contribution >= 4 is 40.6 Å². The second-order valence-corrected chi connectivity index (χ2v) is 4.88. The normalized spacial score (nSPS) is 10.0. The summed E-state index contributed by atoms with van der Waals surface area (Å²) >= 11 is 11.8. The van der Waals surface area contributed by atoms with Crippen molar-refractivity contribution in [2.24, 2.45) is 0 Å². The molecule has 7 heteroatoms. The molecule has 0 saturated carbocycles. The molecule has 5 nitrogen and oxygen atoms in total. The van der Waals surface area contributed by atoms with Gasteiger partial charge in [-0.25, -0.2) is 4.79 Å². The predicted molar refractivity (Wildman–Crippen MR) is 85.2 cm³/mol. The smallest absolute Gasteiger partial charge is 0.323 e. The highest BCUT2D eigenvalue weighted by Gasteiger charge is 2.07. The molecule has 0 bridgehead atoms. The van der Waals surface area contributed by atoms with E-state index >= 15 is 0 Å². The molecule has 0 saturated heterocycles. The van der Waals surface area contributed by atoms with Gasteiger partial charge in [0.2, 0.25) is 0 Å². The van der Waals surface area contributed by atoms with Crippen LogP contribution in [-0.4, -0.2) is 13.1 Å². The zero-order chi connectivity index (χ0) is 15.2. The van der Waals surface area contributed by atoms with Crippen LogP contribution in [0.5, 0.6) is 5.75 Å². The minimum atomic E-state index is -0.394. The zero-order valence-electron chi connectivity index (χ0n) is 11.1. The third-order valence-corrected chi connectivity index (χ3v) is 3.03. The summed E-state index contributed by atoms with van der Waals surface area (Å²) in [7, 11) is 1.61. The molecule has 3 N–H and O–H groups in total. The van der Waals surface area contributed by atoms with E-state index < -0.39 is 6.03 Å². The van der Waals surface area contributed by atoms with Crippen LogP contribution in [0.1, 0.15) is 0 Å². The van der Waals surface area contributed by atoms with E-state index in [2.05, 4.69) is 16.1 Å². The number of nitrogens with one attached hydrogen (secondary N) is 3. The van der Waals surface area contributed by atoms with Crippen molar-refractivity contribution in [3.8, 4) is 5.75 Å². The van der Waals surface area contributed by atoms with Crippen molar-refractivity contribution in [1.29, 1.82) is 0 Å². The molecule has 2 aromatic rings. The third kappa shape index (κ3) is 4.53.